The number of halogens is 3. The highest BCUT2D eigenvalue weighted by Crippen LogP contribution is 2.50. The lowest BCUT2D eigenvalue weighted by molar-refractivity contribution is -0.176. The molecule has 3 fully saturated rings. The topological polar surface area (TPSA) is 73.2 Å². The highest BCUT2D eigenvalue weighted by Gasteiger charge is 2.58. The fourth-order valence-corrected chi connectivity index (χ4v) is 4.35. The van der Waals surface area contributed by atoms with Crippen LogP contribution in [0.15, 0.2) is 12.7 Å². The molecule has 1 aliphatic heterocycles. The standard InChI is InChI=1S/C17H20F3N3O2/c1-2-16(5-3-4-6-16)13(22-15(25)17(18,19)20)14(24)23-11(9-21)7-10-8-12(10)23/h2,10-13H,1,3-8H2,(H,22,25)/t10-,11+,12+,13-/m1/s1. The van der Waals surface area contributed by atoms with E-state index in [4.69, 9.17) is 0 Å². The molecule has 3 rings (SSSR count). The van der Waals surface area contributed by atoms with Gasteiger partial charge in [0.25, 0.3) is 0 Å². The van der Waals surface area contributed by atoms with Gasteiger partial charge in [-0.15, -0.1) is 6.58 Å². The summed E-state index contributed by atoms with van der Waals surface area (Å²) < 4.78 is 38.3. The zero-order valence-electron chi connectivity index (χ0n) is 13.7. The Morgan fingerprint density at radius 1 is 1.32 bits per heavy atom. The van der Waals surface area contributed by atoms with Crippen LogP contribution in [0, 0.1) is 22.7 Å². The first-order chi connectivity index (χ1) is 11.7. The predicted molar refractivity (Wildman–Crippen MR) is 81.8 cm³/mol. The average Bonchev–Trinajstić information content (AvgIpc) is 3.00. The largest absolute Gasteiger partial charge is 0.471 e. The first kappa shape index (κ1) is 17.8. The molecule has 1 saturated heterocycles. The zero-order chi connectivity index (χ0) is 18.4. The highest BCUT2D eigenvalue weighted by molar-refractivity contribution is 5.91. The minimum atomic E-state index is -5.07. The van der Waals surface area contributed by atoms with Crippen LogP contribution in [0.4, 0.5) is 13.2 Å². The number of piperidine rings is 1. The van der Waals surface area contributed by atoms with Gasteiger partial charge in [0, 0.05) is 11.5 Å². The Bertz CT molecular complexity index is 634. The van der Waals surface area contributed by atoms with E-state index in [-0.39, 0.29) is 12.0 Å². The Hall–Kier alpha value is -2.04. The molecule has 1 N–H and O–H groups in total. The van der Waals surface area contributed by atoms with Gasteiger partial charge in [-0.25, -0.2) is 0 Å². The van der Waals surface area contributed by atoms with Crippen LogP contribution in [-0.4, -0.2) is 41.0 Å². The van der Waals surface area contributed by atoms with Crippen molar-refractivity contribution in [3.63, 3.8) is 0 Å². The second-order valence-electron chi connectivity index (χ2n) is 7.24. The highest BCUT2D eigenvalue weighted by atomic mass is 19.4. The number of alkyl halides is 3. The van der Waals surface area contributed by atoms with Gasteiger partial charge in [-0.2, -0.15) is 18.4 Å². The molecule has 8 heteroatoms. The summed E-state index contributed by atoms with van der Waals surface area (Å²) in [7, 11) is 0. The summed E-state index contributed by atoms with van der Waals surface area (Å²) >= 11 is 0. The third kappa shape index (κ3) is 3.00. The molecule has 2 amide bonds. The fourth-order valence-electron chi connectivity index (χ4n) is 4.35. The number of nitriles is 1. The van der Waals surface area contributed by atoms with Gasteiger partial charge >= 0.3 is 12.1 Å². The van der Waals surface area contributed by atoms with Crippen molar-refractivity contribution in [2.45, 2.75) is 62.8 Å². The van der Waals surface area contributed by atoms with Gasteiger partial charge in [0.05, 0.1) is 6.07 Å². The number of nitrogens with zero attached hydrogens (tertiary/aromatic N) is 2. The number of carbonyl (C=O) groups is 2. The predicted octanol–water partition coefficient (Wildman–Crippen LogP) is 2.29. The van der Waals surface area contributed by atoms with Crippen LogP contribution >= 0.6 is 0 Å². The van der Waals surface area contributed by atoms with Crippen LogP contribution in [0.5, 0.6) is 0 Å². The minimum Gasteiger partial charge on any atom is -0.336 e. The number of likely N-dealkylation sites (tertiary alicyclic amines) is 1. The number of rotatable bonds is 4. The molecule has 25 heavy (non-hydrogen) atoms. The third-order valence-electron chi connectivity index (χ3n) is 5.80. The lowest BCUT2D eigenvalue weighted by Crippen LogP contribution is -2.59. The van der Waals surface area contributed by atoms with E-state index in [0.29, 0.717) is 19.3 Å². The molecule has 0 aromatic heterocycles. The molecule has 5 nitrogen and oxygen atoms in total. The number of carbonyl (C=O) groups excluding carboxylic acids is 2. The molecule has 0 spiro atoms. The second kappa shape index (κ2) is 6.04. The van der Waals surface area contributed by atoms with Gasteiger partial charge in [-0.1, -0.05) is 18.9 Å². The van der Waals surface area contributed by atoms with Crippen LogP contribution < -0.4 is 5.32 Å². The first-order valence-electron chi connectivity index (χ1n) is 8.46. The van der Waals surface area contributed by atoms with Gasteiger partial charge in [0.15, 0.2) is 0 Å². The Balaban J connectivity index is 1.90. The van der Waals surface area contributed by atoms with Gasteiger partial charge in [-0.05, 0) is 31.6 Å². The quantitative estimate of drug-likeness (QED) is 0.787. The Kier molecular flexibility index (Phi) is 4.30. The van der Waals surface area contributed by atoms with Crippen LogP contribution in [0.25, 0.3) is 0 Å². The summed E-state index contributed by atoms with van der Waals surface area (Å²) in [5.74, 6) is -2.47. The van der Waals surface area contributed by atoms with E-state index < -0.39 is 35.5 Å². The molecular weight excluding hydrogens is 335 g/mol. The summed E-state index contributed by atoms with van der Waals surface area (Å²) in [5.41, 5.74) is -0.898. The molecule has 0 bridgehead atoms. The van der Waals surface area contributed by atoms with Crippen molar-refractivity contribution in [1.29, 1.82) is 5.26 Å². The Morgan fingerprint density at radius 3 is 2.48 bits per heavy atom. The molecule has 2 aliphatic carbocycles. The molecule has 136 valence electrons. The summed E-state index contributed by atoms with van der Waals surface area (Å²) in [6.45, 7) is 3.71. The van der Waals surface area contributed by atoms with E-state index in [9.17, 15) is 28.0 Å². The van der Waals surface area contributed by atoms with Gasteiger partial charge in [0.2, 0.25) is 5.91 Å². The molecule has 0 aromatic rings. The molecule has 2 saturated carbocycles. The van der Waals surface area contributed by atoms with Gasteiger partial charge in [0.1, 0.15) is 12.1 Å². The zero-order valence-corrected chi connectivity index (χ0v) is 13.7. The molecule has 0 aromatic carbocycles. The molecule has 0 unspecified atom stereocenters. The molecule has 3 aliphatic rings. The van der Waals surface area contributed by atoms with Crippen molar-refractivity contribution < 1.29 is 22.8 Å². The van der Waals surface area contributed by atoms with Crippen molar-refractivity contribution >= 4 is 11.8 Å². The smallest absolute Gasteiger partial charge is 0.336 e. The summed E-state index contributed by atoms with van der Waals surface area (Å²) in [6, 6.07) is -0.00303. The molecule has 4 atom stereocenters. The number of amides is 2. The van der Waals surface area contributed by atoms with E-state index in [1.165, 1.54) is 11.0 Å². The van der Waals surface area contributed by atoms with Crippen molar-refractivity contribution in [3.05, 3.63) is 12.7 Å². The maximum absolute atomic E-state index is 13.1. The second-order valence-corrected chi connectivity index (χ2v) is 7.24. The number of fused-ring (bicyclic) bond motifs is 1. The fraction of sp³-hybridized carbons (Fsp3) is 0.706. The average molecular weight is 355 g/mol. The number of nitrogens with one attached hydrogen (secondary N) is 1. The number of hydrogen-bond acceptors (Lipinski definition) is 3. The van der Waals surface area contributed by atoms with Crippen molar-refractivity contribution in [1.82, 2.24) is 10.2 Å². The van der Waals surface area contributed by atoms with Gasteiger partial charge < -0.3 is 10.2 Å². The normalized spacial score (nSPS) is 31.0. The molecular formula is C17H20F3N3O2. The molecule has 1 heterocycles. The van der Waals surface area contributed by atoms with E-state index in [1.54, 1.807) is 0 Å². The van der Waals surface area contributed by atoms with Crippen LogP contribution in [0.1, 0.15) is 38.5 Å². The van der Waals surface area contributed by atoms with E-state index in [0.717, 1.165) is 19.3 Å². The Labute approximate surface area is 143 Å². The van der Waals surface area contributed by atoms with Crippen LogP contribution in [-0.2, 0) is 9.59 Å². The van der Waals surface area contributed by atoms with E-state index >= 15 is 0 Å². The minimum absolute atomic E-state index is 0.0919. The van der Waals surface area contributed by atoms with Crippen molar-refractivity contribution in [2.24, 2.45) is 11.3 Å². The van der Waals surface area contributed by atoms with Crippen molar-refractivity contribution in [3.8, 4) is 6.07 Å². The summed E-state index contributed by atoms with van der Waals surface area (Å²) in [4.78, 5) is 26.1. The van der Waals surface area contributed by atoms with E-state index in [2.05, 4.69) is 12.6 Å². The van der Waals surface area contributed by atoms with E-state index in [1.807, 2.05) is 5.32 Å². The van der Waals surface area contributed by atoms with Crippen LogP contribution in [0.2, 0.25) is 0 Å². The SMILES string of the molecule is C=CC1([C@H](NC(=O)C(F)(F)F)C(=O)N2[C@H](C#N)C[C@@H]3C[C@@H]32)CCCC1. The lowest BCUT2D eigenvalue weighted by Gasteiger charge is -2.38. The lowest BCUT2D eigenvalue weighted by atomic mass is 9.77. The van der Waals surface area contributed by atoms with Crippen LogP contribution in [0.3, 0.4) is 0 Å². The monoisotopic (exact) mass is 355 g/mol. The maximum Gasteiger partial charge on any atom is 0.471 e. The Morgan fingerprint density at radius 2 is 1.96 bits per heavy atom. The molecule has 0 radical (unpaired) electrons. The third-order valence-corrected chi connectivity index (χ3v) is 5.80. The summed E-state index contributed by atoms with van der Waals surface area (Å²) in [5, 5.41) is 11.2. The first-order valence-corrected chi connectivity index (χ1v) is 8.46. The van der Waals surface area contributed by atoms with Crippen molar-refractivity contribution in [2.75, 3.05) is 0 Å². The maximum atomic E-state index is 13.1. The number of hydrogen-bond donors (Lipinski definition) is 1. The summed E-state index contributed by atoms with van der Waals surface area (Å²) in [6.07, 6.45) is 0.242. The van der Waals surface area contributed by atoms with Gasteiger partial charge in [-0.3, -0.25) is 9.59 Å².